The van der Waals surface area contributed by atoms with Crippen LogP contribution in [0.3, 0.4) is 0 Å². The van der Waals surface area contributed by atoms with Crippen molar-refractivity contribution >= 4 is 5.69 Å². The summed E-state index contributed by atoms with van der Waals surface area (Å²) in [6, 6.07) is 5.50. The largest absolute Gasteiger partial charge is 0.417 e. The van der Waals surface area contributed by atoms with Gasteiger partial charge in [0.2, 0.25) is 0 Å². The molecule has 0 aliphatic heterocycles. The number of nitrogens with zero attached hydrogens (tertiary/aromatic N) is 2. The van der Waals surface area contributed by atoms with E-state index in [2.05, 4.69) is 4.98 Å². The van der Waals surface area contributed by atoms with E-state index in [1.807, 2.05) is 0 Å². The lowest BCUT2D eigenvalue weighted by Crippen LogP contribution is -2.08. The van der Waals surface area contributed by atoms with E-state index >= 15 is 0 Å². The van der Waals surface area contributed by atoms with Crippen molar-refractivity contribution in [2.45, 2.75) is 6.18 Å². The highest BCUT2D eigenvalue weighted by Crippen LogP contribution is 2.38. The Labute approximate surface area is 105 Å². The molecule has 2 aromatic rings. The molecule has 0 unspecified atom stereocenters. The Balaban J connectivity index is 2.65. The van der Waals surface area contributed by atoms with E-state index in [0.717, 1.165) is 12.1 Å². The molecule has 0 amide bonds. The summed E-state index contributed by atoms with van der Waals surface area (Å²) in [5.41, 5.74) is -1.43. The number of hydrogen-bond acceptors (Lipinski definition) is 3. The van der Waals surface area contributed by atoms with Gasteiger partial charge >= 0.3 is 6.18 Å². The van der Waals surface area contributed by atoms with Gasteiger partial charge in [0.15, 0.2) is 0 Å². The zero-order valence-electron chi connectivity index (χ0n) is 9.39. The number of hydrogen-bond donors (Lipinski definition) is 0. The molecule has 0 bridgehead atoms. The van der Waals surface area contributed by atoms with E-state index in [1.54, 1.807) is 0 Å². The summed E-state index contributed by atoms with van der Waals surface area (Å²) in [6.45, 7) is 0. The average Bonchev–Trinajstić information content (AvgIpc) is 2.38. The Bertz CT molecular complexity index is 612. The van der Waals surface area contributed by atoms with Gasteiger partial charge in [0.1, 0.15) is 0 Å². The third-order valence-electron chi connectivity index (χ3n) is 2.51. The summed E-state index contributed by atoms with van der Waals surface area (Å²) in [5.74, 6) is 0. The van der Waals surface area contributed by atoms with Crippen LogP contribution in [-0.4, -0.2) is 9.91 Å². The van der Waals surface area contributed by atoms with Crippen molar-refractivity contribution in [1.29, 1.82) is 0 Å². The molecule has 0 aliphatic carbocycles. The third-order valence-corrected chi connectivity index (χ3v) is 2.51. The van der Waals surface area contributed by atoms with E-state index in [0.29, 0.717) is 11.6 Å². The minimum absolute atomic E-state index is 0.111. The standard InChI is InChI=1S/C12H7F3N2O2/c13-12(14,15)11-7-9(17(18)19)1-2-10(11)8-3-5-16-6-4-8/h1-7H. The van der Waals surface area contributed by atoms with Crippen LogP contribution in [0.15, 0.2) is 42.7 Å². The van der Waals surface area contributed by atoms with Crippen LogP contribution in [0.1, 0.15) is 5.56 Å². The highest BCUT2D eigenvalue weighted by atomic mass is 19.4. The smallest absolute Gasteiger partial charge is 0.265 e. The fourth-order valence-corrected chi connectivity index (χ4v) is 1.66. The van der Waals surface area contributed by atoms with Gasteiger partial charge in [0.25, 0.3) is 5.69 Å². The SMILES string of the molecule is O=[N+]([O-])c1ccc(-c2ccncc2)c(C(F)(F)F)c1. The first-order valence-corrected chi connectivity index (χ1v) is 5.15. The number of non-ortho nitro benzene ring substituents is 1. The van der Waals surface area contributed by atoms with E-state index in [-0.39, 0.29) is 5.56 Å². The zero-order chi connectivity index (χ0) is 14.0. The normalized spacial score (nSPS) is 11.3. The molecule has 19 heavy (non-hydrogen) atoms. The number of halogens is 3. The number of benzene rings is 1. The zero-order valence-corrected chi connectivity index (χ0v) is 9.39. The van der Waals surface area contributed by atoms with Gasteiger partial charge in [-0.05, 0) is 29.3 Å². The average molecular weight is 268 g/mol. The number of alkyl halides is 3. The van der Waals surface area contributed by atoms with Crippen LogP contribution in [-0.2, 0) is 6.18 Å². The van der Waals surface area contributed by atoms with Crippen LogP contribution in [0.25, 0.3) is 11.1 Å². The Morgan fingerprint density at radius 1 is 1.11 bits per heavy atom. The molecular weight excluding hydrogens is 261 g/mol. The quantitative estimate of drug-likeness (QED) is 0.616. The first-order chi connectivity index (χ1) is 8.89. The maximum absolute atomic E-state index is 12.9. The molecule has 0 atom stereocenters. The van der Waals surface area contributed by atoms with Crippen molar-refractivity contribution in [3.8, 4) is 11.1 Å². The van der Waals surface area contributed by atoms with Crippen LogP contribution < -0.4 is 0 Å². The summed E-state index contributed by atoms with van der Waals surface area (Å²) in [7, 11) is 0. The molecule has 4 nitrogen and oxygen atoms in total. The Kier molecular flexibility index (Phi) is 3.20. The lowest BCUT2D eigenvalue weighted by molar-refractivity contribution is -0.385. The number of nitro benzene ring substituents is 1. The number of nitro groups is 1. The summed E-state index contributed by atoms with van der Waals surface area (Å²) in [5, 5.41) is 10.6. The van der Waals surface area contributed by atoms with Crippen molar-refractivity contribution in [2.24, 2.45) is 0 Å². The fourth-order valence-electron chi connectivity index (χ4n) is 1.66. The minimum Gasteiger partial charge on any atom is -0.265 e. The van der Waals surface area contributed by atoms with Gasteiger partial charge in [-0.15, -0.1) is 0 Å². The number of aromatic nitrogens is 1. The molecule has 0 aliphatic rings. The Morgan fingerprint density at radius 2 is 1.74 bits per heavy atom. The molecule has 1 aromatic carbocycles. The van der Waals surface area contributed by atoms with E-state index in [4.69, 9.17) is 0 Å². The maximum Gasteiger partial charge on any atom is 0.417 e. The minimum atomic E-state index is -4.66. The van der Waals surface area contributed by atoms with E-state index in [1.165, 1.54) is 24.5 Å². The van der Waals surface area contributed by atoms with Crippen molar-refractivity contribution in [1.82, 2.24) is 4.98 Å². The lowest BCUT2D eigenvalue weighted by atomic mass is 9.99. The summed E-state index contributed by atoms with van der Waals surface area (Å²) in [4.78, 5) is 13.4. The summed E-state index contributed by atoms with van der Waals surface area (Å²) < 4.78 is 38.8. The summed E-state index contributed by atoms with van der Waals surface area (Å²) in [6.07, 6.45) is -1.95. The molecule has 0 saturated carbocycles. The van der Waals surface area contributed by atoms with Crippen molar-refractivity contribution in [3.63, 3.8) is 0 Å². The molecule has 0 spiro atoms. The highest BCUT2D eigenvalue weighted by Gasteiger charge is 2.35. The van der Waals surface area contributed by atoms with Crippen LogP contribution in [0.4, 0.5) is 18.9 Å². The predicted molar refractivity (Wildman–Crippen MR) is 61.3 cm³/mol. The molecule has 0 fully saturated rings. The first-order valence-electron chi connectivity index (χ1n) is 5.15. The second-order valence-electron chi connectivity index (χ2n) is 3.72. The Hall–Kier alpha value is -2.44. The van der Waals surface area contributed by atoms with Gasteiger partial charge in [-0.3, -0.25) is 15.1 Å². The predicted octanol–water partition coefficient (Wildman–Crippen LogP) is 3.68. The van der Waals surface area contributed by atoms with Gasteiger partial charge in [-0.2, -0.15) is 13.2 Å². The van der Waals surface area contributed by atoms with Gasteiger partial charge in [0.05, 0.1) is 10.5 Å². The number of rotatable bonds is 2. The van der Waals surface area contributed by atoms with Gasteiger partial charge in [0, 0.05) is 24.5 Å². The van der Waals surface area contributed by atoms with Crippen LogP contribution in [0, 0.1) is 10.1 Å². The van der Waals surface area contributed by atoms with Gasteiger partial charge in [-0.1, -0.05) is 0 Å². The Morgan fingerprint density at radius 3 is 2.26 bits per heavy atom. The highest BCUT2D eigenvalue weighted by molar-refractivity contribution is 5.69. The second kappa shape index (κ2) is 4.68. The molecule has 0 saturated heterocycles. The topological polar surface area (TPSA) is 56.0 Å². The molecule has 1 aromatic heterocycles. The lowest BCUT2D eigenvalue weighted by Gasteiger charge is -2.12. The number of pyridine rings is 1. The van der Waals surface area contributed by atoms with Crippen molar-refractivity contribution in [3.05, 3.63) is 58.4 Å². The maximum atomic E-state index is 12.9. The van der Waals surface area contributed by atoms with Crippen LogP contribution >= 0.6 is 0 Å². The third kappa shape index (κ3) is 2.70. The fraction of sp³-hybridized carbons (Fsp3) is 0.0833. The molecule has 98 valence electrons. The van der Waals surface area contributed by atoms with Gasteiger partial charge < -0.3 is 0 Å². The van der Waals surface area contributed by atoms with Crippen molar-refractivity contribution < 1.29 is 18.1 Å². The molecule has 0 radical (unpaired) electrons. The molecule has 2 rings (SSSR count). The second-order valence-corrected chi connectivity index (χ2v) is 3.72. The molecular formula is C12H7F3N2O2. The molecule has 0 N–H and O–H groups in total. The van der Waals surface area contributed by atoms with Crippen LogP contribution in [0.5, 0.6) is 0 Å². The summed E-state index contributed by atoms with van der Waals surface area (Å²) >= 11 is 0. The molecule has 7 heteroatoms. The van der Waals surface area contributed by atoms with E-state index < -0.39 is 22.4 Å². The molecule has 1 heterocycles. The van der Waals surface area contributed by atoms with Crippen LogP contribution in [0.2, 0.25) is 0 Å². The monoisotopic (exact) mass is 268 g/mol. The van der Waals surface area contributed by atoms with E-state index in [9.17, 15) is 23.3 Å². The van der Waals surface area contributed by atoms with Gasteiger partial charge in [-0.25, -0.2) is 0 Å². The first kappa shape index (κ1) is 13.0. The van der Waals surface area contributed by atoms with Crippen molar-refractivity contribution in [2.75, 3.05) is 0 Å².